The monoisotopic (exact) mass is 318 g/mol. The van der Waals surface area contributed by atoms with E-state index in [2.05, 4.69) is 4.98 Å². The zero-order valence-corrected chi connectivity index (χ0v) is 12.8. The molecule has 0 fully saturated rings. The molecule has 3 N–H and O–H groups in total. The average Bonchev–Trinajstić information content (AvgIpc) is 2.96. The number of H-pyrrole nitrogens is 1. The van der Waals surface area contributed by atoms with E-state index in [4.69, 9.17) is 5.73 Å². The molecule has 0 unspecified atom stereocenters. The van der Waals surface area contributed by atoms with Crippen molar-refractivity contribution in [2.45, 2.75) is 6.42 Å². The van der Waals surface area contributed by atoms with Gasteiger partial charge in [-0.2, -0.15) is 0 Å². The van der Waals surface area contributed by atoms with Crippen LogP contribution in [0.5, 0.6) is 0 Å². The Labute approximate surface area is 137 Å². The van der Waals surface area contributed by atoms with Crippen LogP contribution in [0.3, 0.4) is 0 Å². The normalized spacial score (nSPS) is 11.2. The zero-order chi connectivity index (χ0) is 16.7. The first-order valence-corrected chi connectivity index (χ1v) is 7.70. The van der Waals surface area contributed by atoms with E-state index in [1.807, 2.05) is 42.5 Å². The van der Waals surface area contributed by atoms with Crippen LogP contribution >= 0.6 is 0 Å². The summed E-state index contributed by atoms with van der Waals surface area (Å²) in [7, 11) is 0. The van der Waals surface area contributed by atoms with Crippen molar-refractivity contribution in [3.63, 3.8) is 0 Å². The maximum Gasteiger partial charge on any atom is 0.221 e. The van der Waals surface area contributed by atoms with Crippen LogP contribution in [-0.2, 0) is 11.2 Å². The summed E-state index contributed by atoms with van der Waals surface area (Å²) >= 11 is 0. The molecule has 0 aliphatic carbocycles. The second kappa shape index (κ2) is 5.49. The predicted molar refractivity (Wildman–Crippen MR) is 94.1 cm³/mol. The summed E-state index contributed by atoms with van der Waals surface area (Å²) in [5.74, 6) is -0.666. The van der Waals surface area contributed by atoms with E-state index in [-0.39, 0.29) is 12.2 Å². The number of rotatable bonds is 3. The van der Waals surface area contributed by atoms with E-state index < -0.39 is 5.91 Å². The van der Waals surface area contributed by atoms with Crippen LogP contribution < -0.4 is 5.73 Å². The fraction of sp³-hybridized carbons (Fsp3) is 0.0500. The van der Waals surface area contributed by atoms with Crippen LogP contribution in [0.1, 0.15) is 5.56 Å². The van der Waals surface area contributed by atoms with Gasteiger partial charge in [-0.3, -0.25) is 4.79 Å². The van der Waals surface area contributed by atoms with Crippen molar-refractivity contribution in [2.75, 3.05) is 0 Å². The molecule has 0 spiro atoms. The third-order valence-electron chi connectivity index (χ3n) is 4.28. The van der Waals surface area contributed by atoms with Crippen molar-refractivity contribution in [3.05, 3.63) is 72.0 Å². The summed E-state index contributed by atoms with van der Waals surface area (Å²) in [5.41, 5.74) is 9.30. The Kier molecular flexibility index (Phi) is 3.31. The molecule has 0 atom stereocenters. The van der Waals surface area contributed by atoms with Gasteiger partial charge in [0.25, 0.3) is 0 Å². The minimum Gasteiger partial charge on any atom is -0.369 e. The third kappa shape index (κ3) is 2.24. The third-order valence-corrected chi connectivity index (χ3v) is 4.28. The van der Waals surface area contributed by atoms with Crippen molar-refractivity contribution in [1.29, 1.82) is 0 Å². The van der Waals surface area contributed by atoms with Crippen molar-refractivity contribution in [2.24, 2.45) is 5.73 Å². The molecule has 1 aromatic heterocycles. The van der Waals surface area contributed by atoms with Crippen molar-refractivity contribution < 1.29 is 9.18 Å². The van der Waals surface area contributed by atoms with Gasteiger partial charge in [0.05, 0.1) is 11.9 Å². The molecule has 1 heterocycles. The average molecular weight is 318 g/mol. The summed E-state index contributed by atoms with van der Waals surface area (Å²) in [5, 5.41) is 1.91. The number of carbonyl (C=O) groups excluding carboxylic acids is 1. The highest BCUT2D eigenvalue weighted by Crippen LogP contribution is 2.37. The van der Waals surface area contributed by atoms with Crippen LogP contribution in [0.2, 0.25) is 0 Å². The molecule has 118 valence electrons. The molecule has 4 heteroatoms. The van der Waals surface area contributed by atoms with E-state index in [1.54, 1.807) is 12.1 Å². The first-order valence-electron chi connectivity index (χ1n) is 7.70. The molecule has 3 aromatic carbocycles. The molecule has 0 saturated carbocycles. The molecule has 0 aliphatic rings. The lowest BCUT2D eigenvalue weighted by molar-refractivity contribution is -0.117. The fourth-order valence-electron chi connectivity index (χ4n) is 3.25. The van der Waals surface area contributed by atoms with Gasteiger partial charge in [-0.15, -0.1) is 0 Å². The lowest BCUT2D eigenvalue weighted by Crippen LogP contribution is -2.13. The highest BCUT2D eigenvalue weighted by atomic mass is 19.1. The standard InChI is InChI=1S/C20H15FN2O/c21-16-7-3-1-5-13(16)14-10-9-12(11-18(22)24)20-19(14)15-6-2-4-8-17(15)23-20/h1-10,23H,11H2,(H2,22,24). The van der Waals surface area contributed by atoms with Gasteiger partial charge in [-0.1, -0.05) is 48.5 Å². The van der Waals surface area contributed by atoms with Crippen molar-refractivity contribution >= 4 is 27.7 Å². The highest BCUT2D eigenvalue weighted by Gasteiger charge is 2.16. The van der Waals surface area contributed by atoms with E-state index >= 15 is 0 Å². The molecule has 4 aromatic rings. The number of primary amides is 1. The Bertz CT molecular complexity index is 1080. The van der Waals surface area contributed by atoms with Crippen LogP contribution in [0.15, 0.2) is 60.7 Å². The van der Waals surface area contributed by atoms with Crippen LogP contribution in [0.4, 0.5) is 4.39 Å². The van der Waals surface area contributed by atoms with E-state index in [0.717, 1.165) is 32.9 Å². The second-order valence-corrected chi connectivity index (χ2v) is 5.82. The quantitative estimate of drug-likeness (QED) is 0.585. The summed E-state index contributed by atoms with van der Waals surface area (Å²) in [4.78, 5) is 14.7. The van der Waals surface area contributed by atoms with Crippen molar-refractivity contribution in [3.8, 4) is 11.1 Å². The van der Waals surface area contributed by atoms with E-state index in [0.29, 0.717) is 5.56 Å². The van der Waals surface area contributed by atoms with Crippen LogP contribution in [-0.4, -0.2) is 10.9 Å². The minimum atomic E-state index is -0.395. The summed E-state index contributed by atoms with van der Waals surface area (Å²) in [6.45, 7) is 0. The molecular formula is C20H15FN2O. The number of hydrogen-bond acceptors (Lipinski definition) is 1. The molecule has 0 saturated heterocycles. The number of nitrogens with two attached hydrogens (primary N) is 1. The number of aromatic amines is 1. The smallest absolute Gasteiger partial charge is 0.221 e. The number of para-hydroxylation sites is 1. The Morgan fingerprint density at radius 2 is 1.71 bits per heavy atom. The summed E-state index contributed by atoms with van der Waals surface area (Å²) in [6, 6.07) is 18.2. The number of aromatic nitrogens is 1. The molecule has 0 aliphatic heterocycles. The molecule has 0 bridgehead atoms. The van der Waals surface area contributed by atoms with Gasteiger partial charge in [0, 0.05) is 21.9 Å². The van der Waals surface area contributed by atoms with Gasteiger partial charge in [0.2, 0.25) is 5.91 Å². The molecule has 0 radical (unpaired) electrons. The summed E-state index contributed by atoms with van der Waals surface area (Å²) in [6.07, 6.45) is 0.140. The van der Waals surface area contributed by atoms with Crippen LogP contribution in [0, 0.1) is 5.82 Å². The molecular weight excluding hydrogens is 303 g/mol. The highest BCUT2D eigenvalue weighted by molar-refractivity contribution is 6.15. The van der Waals surface area contributed by atoms with Gasteiger partial charge < -0.3 is 10.7 Å². The van der Waals surface area contributed by atoms with Gasteiger partial charge in [0.1, 0.15) is 5.82 Å². The van der Waals surface area contributed by atoms with Gasteiger partial charge in [-0.05, 0) is 23.3 Å². The summed E-state index contributed by atoms with van der Waals surface area (Å²) < 4.78 is 14.3. The number of hydrogen-bond donors (Lipinski definition) is 2. The fourth-order valence-corrected chi connectivity index (χ4v) is 3.25. The maximum atomic E-state index is 14.3. The number of nitrogens with one attached hydrogen (secondary N) is 1. The molecule has 24 heavy (non-hydrogen) atoms. The van der Waals surface area contributed by atoms with Crippen molar-refractivity contribution in [1.82, 2.24) is 4.98 Å². The van der Waals surface area contributed by atoms with Gasteiger partial charge >= 0.3 is 0 Å². The minimum absolute atomic E-state index is 0.140. The zero-order valence-electron chi connectivity index (χ0n) is 12.8. The lowest BCUT2D eigenvalue weighted by atomic mass is 9.96. The van der Waals surface area contributed by atoms with Gasteiger partial charge in [-0.25, -0.2) is 4.39 Å². The predicted octanol–water partition coefficient (Wildman–Crippen LogP) is 4.16. The Morgan fingerprint density at radius 3 is 2.50 bits per heavy atom. The van der Waals surface area contributed by atoms with E-state index in [1.165, 1.54) is 6.07 Å². The maximum absolute atomic E-state index is 14.3. The number of fused-ring (bicyclic) bond motifs is 3. The molecule has 1 amide bonds. The first-order chi connectivity index (χ1) is 11.6. The Hall–Kier alpha value is -3.14. The largest absolute Gasteiger partial charge is 0.369 e. The number of amides is 1. The first kappa shape index (κ1) is 14.5. The number of carbonyl (C=O) groups is 1. The second-order valence-electron chi connectivity index (χ2n) is 5.82. The van der Waals surface area contributed by atoms with E-state index in [9.17, 15) is 9.18 Å². The Balaban J connectivity index is 2.12. The molecule has 4 rings (SSSR count). The SMILES string of the molecule is NC(=O)Cc1ccc(-c2ccccc2F)c2c1[nH]c1ccccc12. The Morgan fingerprint density at radius 1 is 0.958 bits per heavy atom. The van der Waals surface area contributed by atoms with Gasteiger partial charge in [0.15, 0.2) is 0 Å². The lowest BCUT2D eigenvalue weighted by Gasteiger charge is -2.09. The molecule has 3 nitrogen and oxygen atoms in total. The topological polar surface area (TPSA) is 58.9 Å². The number of halogens is 1. The number of benzene rings is 3. The van der Waals surface area contributed by atoms with Crippen LogP contribution in [0.25, 0.3) is 32.9 Å².